The van der Waals surface area contributed by atoms with Gasteiger partial charge in [0.05, 0.1) is 5.92 Å². The van der Waals surface area contributed by atoms with Gasteiger partial charge in [0.25, 0.3) is 0 Å². The number of nitrogens with zero attached hydrogens (tertiary/aromatic N) is 4. The fourth-order valence-electron chi connectivity index (χ4n) is 7.83. The molecule has 3 fully saturated rings. The molecule has 1 unspecified atom stereocenters. The highest BCUT2D eigenvalue weighted by atomic mass is 19.1. The molecule has 1 amide bonds. The summed E-state index contributed by atoms with van der Waals surface area (Å²) in [6, 6.07) is 4.37. The van der Waals surface area contributed by atoms with Crippen molar-refractivity contribution in [3.63, 3.8) is 0 Å². The maximum atomic E-state index is 15.0. The van der Waals surface area contributed by atoms with E-state index in [1.165, 1.54) is 38.2 Å². The summed E-state index contributed by atoms with van der Waals surface area (Å²) >= 11 is 0. The molecule has 0 radical (unpaired) electrons. The second-order valence-electron chi connectivity index (χ2n) is 15.3. The predicted octanol–water partition coefficient (Wildman–Crippen LogP) is 6.49. The molecule has 238 valence electrons. The van der Waals surface area contributed by atoms with Gasteiger partial charge in [-0.2, -0.15) is 0 Å². The number of benzene rings is 1. The third kappa shape index (κ3) is 8.53. The monoisotopic (exact) mass is 588 g/mol. The molecule has 0 spiro atoms. The lowest BCUT2D eigenvalue weighted by Crippen LogP contribution is -2.58. The minimum absolute atomic E-state index is 0.130. The van der Waals surface area contributed by atoms with Gasteiger partial charge in [0, 0.05) is 82.5 Å². The van der Waals surface area contributed by atoms with E-state index >= 15 is 0 Å². The standard InChI is InChI=1S/C35H58F2N4O/c1-25(2)20-38(21-26(3)4)24-33(27-11-9-8-10-12-27)39-15-17-40(18-16-39)34(42)31-23-41(35(5,6)7)22-30(31)29-14-13-28(36)19-32(29)37/h13-14,19,25-27,30-31,33H,8-12,15-18,20-24H2,1-7H3/t30-,31+,33?/m0/s1. The second kappa shape index (κ2) is 14.5. The van der Waals surface area contributed by atoms with Crippen LogP contribution in [0.3, 0.4) is 0 Å². The molecular weight excluding hydrogens is 530 g/mol. The van der Waals surface area contributed by atoms with E-state index in [0.29, 0.717) is 36.5 Å². The number of piperazine rings is 1. The van der Waals surface area contributed by atoms with Crippen LogP contribution in [0, 0.1) is 35.3 Å². The Morgan fingerprint density at radius 3 is 2.07 bits per heavy atom. The number of rotatable bonds is 10. The summed E-state index contributed by atoms with van der Waals surface area (Å²) in [5.74, 6) is 0.430. The van der Waals surface area contributed by atoms with Crippen LogP contribution in [0.2, 0.25) is 0 Å². The summed E-state index contributed by atoms with van der Waals surface area (Å²) in [6.07, 6.45) is 6.66. The van der Waals surface area contributed by atoms with E-state index in [0.717, 1.165) is 57.8 Å². The first-order valence-corrected chi connectivity index (χ1v) is 16.8. The number of hydrogen-bond acceptors (Lipinski definition) is 4. The molecule has 1 aromatic rings. The van der Waals surface area contributed by atoms with Crippen LogP contribution in [0.4, 0.5) is 8.78 Å². The van der Waals surface area contributed by atoms with Crippen molar-refractivity contribution in [1.29, 1.82) is 0 Å². The molecule has 3 atom stereocenters. The largest absolute Gasteiger partial charge is 0.340 e. The zero-order chi connectivity index (χ0) is 30.6. The van der Waals surface area contributed by atoms with Crippen LogP contribution < -0.4 is 0 Å². The van der Waals surface area contributed by atoms with Crippen LogP contribution in [0.15, 0.2) is 18.2 Å². The van der Waals surface area contributed by atoms with Crippen molar-refractivity contribution in [3.05, 3.63) is 35.4 Å². The number of amides is 1. The Kier molecular flexibility index (Phi) is 11.5. The Morgan fingerprint density at radius 2 is 1.52 bits per heavy atom. The van der Waals surface area contributed by atoms with Crippen molar-refractivity contribution in [1.82, 2.24) is 19.6 Å². The summed E-state index contributed by atoms with van der Waals surface area (Å²) in [7, 11) is 0. The highest BCUT2D eigenvalue weighted by Gasteiger charge is 2.45. The summed E-state index contributed by atoms with van der Waals surface area (Å²) in [6.45, 7) is 23.5. The van der Waals surface area contributed by atoms with Gasteiger partial charge in [0.1, 0.15) is 11.6 Å². The SMILES string of the molecule is CC(C)CN(CC(C)C)CC(C1CCCCC1)N1CCN(C(=O)[C@@H]2CN(C(C)(C)C)C[C@H]2c2ccc(F)cc2F)CC1. The zero-order valence-electron chi connectivity index (χ0n) is 27.5. The topological polar surface area (TPSA) is 30.0 Å². The lowest BCUT2D eigenvalue weighted by Gasteiger charge is -2.46. The van der Waals surface area contributed by atoms with Gasteiger partial charge >= 0.3 is 0 Å². The Balaban J connectivity index is 1.48. The molecule has 1 aromatic carbocycles. The van der Waals surface area contributed by atoms with Gasteiger partial charge in [0.15, 0.2) is 0 Å². The van der Waals surface area contributed by atoms with Crippen LogP contribution >= 0.6 is 0 Å². The lowest BCUT2D eigenvalue weighted by atomic mass is 9.82. The molecule has 2 heterocycles. The Labute approximate surface area is 255 Å². The van der Waals surface area contributed by atoms with Gasteiger partial charge in [-0.05, 0) is 63.0 Å². The molecule has 1 aliphatic carbocycles. The molecule has 0 N–H and O–H groups in total. The molecule has 7 heteroatoms. The summed E-state index contributed by atoms with van der Waals surface area (Å²) in [5, 5.41) is 0. The van der Waals surface area contributed by atoms with Gasteiger partial charge < -0.3 is 9.80 Å². The first-order chi connectivity index (χ1) is 19.8. The van der Waals surface area contributed by atoms with E-state index in [-0.39, 0.29) is 23.3 Å². The number of carbonyl (C=O) groups is 1. The van der Waals surface area contributed by atoms with Gasteiger partial charge in [-0.1, -0.05) is 53.0 Å². The summed E-state index contributed by atoms with van der Waals surface area (Å²) in [4.78, 5) is 23.8. The second-order valence-corrected chi connectivity index (χ2v) is 15.3. The molecule has 42 heavy (non-hydrogen) atoms. The van der Waals surface area contributed by atoms with Gasteiger partial charge in [-0.15, -0.1) is 0 Å². The number of halogens is 2. The van der Waals surface area contributed by atoms with E-state index in [9.17, 15) is 13.6 Å². The van der Waals surface area contributed by atoms with Crippen LogP contribution in [-0.2, 0) is 4.79 Å². The Morgan fingerprint density at radius 1 is 0.905 bits per heavy atom. The third-order valence-electron chi connectivity index (χ3n) is 9.93. The first kappa shape index (κ1) is 33.3. The van der Waals surface area contributed by atoms with Gasteiger partial charge in [0.2, 0.25) is 5.91 Å². The molecule has 2 aliphatic heterocycles. The minimum atomic E-state index is -0.575. The van der Waals surface area contributed by atoms with Crippen molar-refractivity contribution in [3.8, 4) is 0 Å². The number of hydrogen-bond donors (Lipinski definition) is 0. The maximum Gasteiger partial charge on any atom is 0.227 e. The summed E-state index contributed by atoms with van der Waals surface area (Å²) < 4.78 is 28.7. The number of likely N-dealkylation sites (tertiary alicyclic amines) is 1. The number of carbonyl (C=O) groups excluding carboxylic acids is 1. The van der Waals surface area contributed by atoms with E-state index in [1.807, 2.05) is 4.90 Å². The van der Waals surface area contributed by atoms with E-state index < -0.39 is 11.6 Å². The van der Waals surface area contributed by atoms with Crippen LogP contribution in [0.1, 0.15) is 92.1 Å². The normalized spacial score (nSPS) is 24.3. The minimum Gasteiger partial charge on any atom is -0.340 e. The van der Waals surface area contributed by atoms with Gasteiger partial charge in [-0.3, -0.25) is 14.6 Å². The average Bonchev–Trinajstić information content (AvgIpc) is 3.37. The predicted molar refractivity (Wildman–Crippen MR) is 169 cm³/mol. The smallest absolute Gasteiger partial charge is 0.227 e. The Hall–Kier alpha value is -1.57. The van der Waals surface area contributed by atoms with E-state index in [4.69, 9.17) is 0 Å². The fraction of sp³-hybridized carbons (Fsp3) is 0.800. The third-order valence-corrected chi connectivity index (χ3v) is 9.93. The highest BCUT2D eigenvalue weighted by Crippen LogP contribution is 2.39. The highest BCUT2D eigenvalue weighted by molar-refractivity contribution is 5.81. The van der Waals surface area contributed by atoms with Gasteiger partial charge in [-0.25, -0.2) is 8.78 Å². The van der Waals surface area contributed by atoms with Crippen molar-refractivity contribution >= 4 is 5.91 Å². The lowest BCUT2D eigenvalue weighted by molar-refractivity contribution is -0.138. The summed E-state index contributed by atoms with van der Waals surface area (Å²) in [5.41, 5.74) is 0.334. The van der Waals surface area contributed by atoms with E-state index in [1.54, 1.807) is 6.07 Å². The Bertz CT molecular complexity index is 1000. The van der Waals surface area contributed by atoms with Crippen LogP contribution in [-0.4, -0.2) is 96.0 Å². The molecule has 1 saturated carbocycles. The van der Waals surface area contributed by atoms with E-state index in [2.05, 4.69) is 63.2 Å². The molecule has 2 saturated heterocycles. The molecule has 3 aliphatic rings. The quantitative estimate of drug-likeness (QED) is 0.313. The average molecular weight is 589 g/mol. The molecule has 5 nitrogen and oxygen atoms in total. The molecular formula is C35H58F2N4O. The van der Waals surface area contributed by atoms with Crippen molar-refractivity contribution in [2.45, 2.75) is 98.1 Å². The zero-order valence-corrected chi connectivity index (χ0v) is 27.5. The van der Waals surface area contributed by atoms with Crippen molar-refractivity contribution in [2.24, 2.45) is 23.7 Å². The van der Waals surface area contributed by atoms with Crippen LogP contribution in [0.5, 0.6) is 0 Å². The van der Waals surface area contributed by atoms with Crippen molar-refractivity contribution in [2.75, 3.05) is 58.9 Å². The van der Waals surface area contributed by atoms with Crippen molar-refractivity contribution < 1.29 is 13.6 Å². The fourth-order valence-corrected chi connectivity index (χ4v) is 7.83. The first-order valence-electron chi connectivity index (χ1n) is 16.8. The molecule has 0 bridgehead atoms. The molecule has 4 rings (SSSR count). The molecule has 0 aromatic heterocycles. The maximum absolute atomic E-state index is 15.0. The van der Waals surface area contributed by atoms with Crippen LogP contribution in [0.25, 0.3) is 0 Å².